The Balaban J connectivity index is 1.56. The number of carbonyl (C=O) groups excluding carboxylic acids is 1. The van der Waals surface area contributed by atoms with Crippen molar-refractivity contribution >= 4 is 34.0 Å². The van der Waals surface area contributed by atoms with Gasteiger partial charge < -0.3 is 15.4 Å². The number of anilines is 1. The van der Waals surface area contributed by atoms with Gasteiger partial charge in [0.05, 0.1) is 29.4 Å². The molecule has 156 valence electrons. The zero-order valence-electron chi connectivity index (χ0n) is 16.6. The molecule has 0 saturated carbocycles. The van der Waals surface area contributed by atoms with Crippen LogP contribution in [0.4, 0.5) is 5.13 Å². The summed E-state index contributed by atoms with van der Waals surface area (Å²) in [6, 6.07) is 8.96. The van der Waals surface area contributed by atoms with E-state index in [1.54, 1.807) is 29.3 Å². The topological polar surface area (TPSA) is 105 Å². The number of halogens is 1. The molecule has 0 bridgehead atoms. The number of methoxy groups -OCH3 is 1. The zero-order valence-corrected chi connectivity index (χ0v) is 18.1. The number of thiazole rings is 1. The monoisotopic (exact) mass is 444 g/mol. The van der Waals surface area contributed by atoms with Crippen molar-refractivity contribution in [3.8, 4) is 17.3 Å². The molecule has 8 nitrogen and oxygen atoms in total. The molecule has 0 fully saturated rings. The van der Waals surface area contributed by atoms with E-state index in [-0.39, 0.29) is 11.9 Å². The number of ether oxygens (including phenoxy) is 1. The third kappa shape index (κ3) is 5.57. The Bertz CT molecular complexity index is 1060. The van der Waals surface area contributed by atoms with Gasteiger partial charge in [-0.1, -0.05) is 17.7 Å². The molecule has 0 spiro atoms. The van der Waals surface area contributed by atoms with Gasteiger partial charge in [0.1, 0.15) is 11.8 Å². The number of hydrogen-bond acceptors (Lipinski definition) is 7. The van der Waals surface area contributed by atoms with E-state index in [9.17, 15) is 4.79 Å². The lowest BCUT2D eigenvalue weighted by atomic mass is 10.1. The van der Waals surface area contributed by atoms with Gasteiger partial charge in [-0.15, -0.1) is 11.3 Å². The molecule has 0 radical (unpaired) electrons. The summed E-state index contributed by atoms with van der Waals surface area (Å²) < 4.78 is 6.74. The average molecular weight is 445 g/mol. The van der Waals surface area contributed by atoms with Crippen LogP contribution in [0, 0.1) is 11.3 Å². The number of carbonyl (C=O) groups is 1. The summed E-state index contributed by atoms with van der Waals surface area (Å²) in [5.41, 5.74) is 2.37. The fraction of sp³-hybridized carbons (Fsp3) is 0.300. The van der Waals surface area contributed by atoms with Gasteiger partial charge in [-0.05, 0) is 25.1 Å². The molecule has 2 heterocycles. The predicted octanol–water partition coefficient (Wildman–Crippen LogP) is 3.41. The largest absolute Gasteiger partial charge is 0.383 e. The molecule has 3 rings (SSSR count). The number of benzene rings is 1. The van der Waals surface area contributed by atoms with E-state index in [4.69, 9.17) is 21.6 Å². The molecular weight excluding hydrogens is 424 g/mol. The van der Waals surface area contributed by atoms with Crippen molar-refractivity contribution in [1.82, 2.24) is 20.1 Å². The van der Waals surface area contributed by atoms with Gasteiger partial charge in [0.25, 0.3) is 5.91 Å². The quantitative estimate of drug-likeness (QED) is 0.490. The van der Waals surface area contributed by atoms with Crippen molar-refractivity contribution in [1.29, 1.82) is 5.26 Å². The summed E-state index contributed by atoms with van der Waals surface area (Å²) in [6.07, 6.45) is 1.84. The second kappa shape index (κ2) is 10.2. The SMILES string of the molecule is COCCNc1nc(C(=O)NC(C)Cn2ccc(-c3ccc(C#N)c(Cl)c3)n2)cs1. The minimum Gasteiger partial charge on any atom is -0.383 e. The van der Waals surface area contributed by atoms with Gasteiger partial charge >= 0.3 is 0 Å². The van der Waals surface area contributed by atoms with Gasteiger partial charge in [-0.3, -0.25) is 9.48 Å². The fourth-order valence-corrected chi connectivity index (χ4v) is 3.67. The standard InChI is InChI=1S/C20H21ClN6O2S/c1-13(24-19(28)18-12-30-20(25-18)23-6-8-29-2)11-27-7-5-17(26-27)14-3-4-15(10-22)16(21)9-14/h3-5,7,9,12-13H,6,8,11H2,1-2H3,(H,23,25)(H,24,28). The average Bonchev–Trinajstić information content (AvgIpc) is 3.38. The summed E-state index contributed by atoms with van der Waals surface area (Å²) in [7, 11) is 1.63. The van der Waals surface area contributed by atoms with Crippen LogP contribution in [-0.2, 0) is 11.3 Å². The van der Waals surface area contributed by atoms with E-state index in [0.29, 0.717) is 41.1 Å². The van der Waals surface area contributed by atoms with Gasteiger partial charge in [0, 0.05) is 36.8 Å². The fourth-order valence-electron chi connectivity index (χ4n) is 2.73. The summed E-state index contributed by atoms with van der Waals surface area (Å²) in [5.74, 6) is -0.232. The van der Waals surface area contributed by atoms with Crippen molar-refractivity contribution in [3.63, 3.8) is 0 Å². The zero-order chi connectivity index (χ0) is 21.5. The molecule has 1 unspecified atom stereocenters. The van der Waals surface area contributed by atoms with E-state index in [0.717, 1.165) is 11.3 Å². The normalized spacial score (nSPS) is 11.7. The lowest BCUT2D eigenvalue weighted by molar-refractivity contribution is 0.0932. The van der Waals surface area contributed by atoms with Crippen LogP contribution in [0.25, 0.3) is 11.3 Å². The highest BCUT2D eigenvalue weighted by atomic mass is 35.5. The smallest absolute Gasteiger partial charge is 0.271 e. The third-order valence-corrected chi connectivity index (χ3v) is 5.30. The number of amides is 1. The highest BCUT2D eigenvalue weighted by molar-refractivity contribution is 7.13. The van der Waals surface area contributed by atoms with Crippen molar-refractivity contribution in [2.75, 3.05) is 25.6 Å². The van der Waals surface area contributed by atoms with Gasteiger partial charge in [0.15, 0.2) is 5.13 Å². The summed E-state index contributed by atoms with van der Waals surface area (Å²) in [5, 5.41) is 22.4. The van der Waals surface area contributed by atoms with Crippen LogP contribution in [-0.4, -0.2) is 47.0 Å². The number of hydrogen-bond donors (Lipinski definition) is 2. The summed E-state index contributed by atoms with van der Waals surface area (Å²) in [6.45, 7) is 3.60. The van der Waals surface area contributed by atoms with Gasteiger partial charge in [0.2, 0.25) is 0 Å². The number of nitrogens with one attached hydrogen (secondary N) is 2. The Kier molecular flexibility index (Phi) is 7.41. The van der Waals surface area contributed by atoms with E-state index in [2.05, 4.69) is 20.7 Å². The Morgan fingerprint density at radius 2 is 2.27 bits per heavy atom. The van der Waals surface area contributed by atoms with Crippen LogP contribution in [0.5, 0.6) is 0 Å². The van der Waals surface area contributed by atoms with E-state index in [1.807, 2.05) is 31.3 Å². The van der Waals surface area contributed by atoms with E-state index >= 15 is 0 Å². The first kappa shape index (κ1) is 21.8. The number of aromatic nitrogens is 3. The number of nitriles is 1. The molecule has 10 heteroatoms. The Morgan fingerprint density at radius 1 is 1.43 bits per heavy atom. The number of nitrogens with zero attached hydrogens (tertiary/aromatic N) is 4. The highest BCUT2D eigenvalue weighted by Gasteiger charge is 2.15. The number of rotatable bonds is 9. The molecule has 0 aliphatic carbocycles. The summed E-state index contributed by atoms with van der Waals surface area (Å²) in [4.78, 5) is 16.7. The maximum absolute atomic E-state index is 12.4. The Labute approximate surface area is 183 Å². The van der Waals surface area contributed by atoms with Crippen LogP contribution in [0.15, 0.2) is 35.8 Å². The maximum atomic E-state index is 12.4. The van der Waals surface area contributed by atoms with E-state index < -0.39 is 0 Å². The Hall–Kier alpha value is -2.93. The van der Waals surface area contributed by atoms with Crippen molar-refractivity contribution in [3.05, 3.63) is 52.1 Å². The van der Waals surface area contributed by atoms with Gasteiger partial charge in [-0.2, -0.15) is 10.4 Å². The third-order valence-electron chi connectivity index (χ3n) is 4.18. The molecule has 30 heavy (non-hydrogen) atoms. The van der Waals surface area contributed by atoms with Crippen molar-refractivity contribution in [2.45, 2.75) is 19.5 Å². The highest BCUT2D eigenvalue weighted by Crippen LogP contribution is 2.24. The maximum Gasteiger partial charge on any atom is 0.271 e. The van der Waals surface area contributed by atoms with Crippen LogP contribution in [0.1, 0.15) is 23.0 Å². The summed E-state index contributed by atoms with van der Waals surface area (Å²) >= 11 is 7.48. The van der Waals surface area contributed by atoms with Crippen LogP contribution in [0.3, 0.4) is 0 Å². The van der Waals surface area contributed by atoms with Gasteiger partial charge in [-0.25, -0.2) is 4.98 Å². The lowest BCUT2D eigenvalue weighted by Gasteiger charge is -2.13. The lowest BCUT2D eigenvalue weighted by Crippen LogP contribution is -2.36. The van der Waals surface area contributed by atoms with E-state index in [1.165, 1.54) is 11.3 Å². The predicted molar refractivity (Wildman–Crippen MR) is 117 cm³/mol. The minimum atomic E-state index is -0.232. The molecule has 3 aromatic rings. The molecule has 1 amide bonds. The first-order valence-corrected chi connectivity index (χ1v) is 10.5. The second-order valence-corrected chi connectivity index (χ2v) is 7.83. The molecular formula is C20H21ClN6O2S. The Morgan fingerprint density at radius 3 is 3.00 bits per heavy atom. The molecule has 2 N–H and O–H groups in total. The molecule has 1 atom stereocenters. The minimum absolute atomic E-state index is 0.151. The molecule has 1 aromatic carbocycles. The molecule has 0 aliphatic rings. The van der Waals surface area contributed by atoms with Crippen molar-refractivity contribution < 1.29 is 9.53 Å². The van der Waals surface area contributed by atoms with Crippen LogP contribution >= 0.6 is 22.9 Å². The molecule has 0 saturated heterocycles. The first-order valence-electron chi connectivity index (χ1n) is 9.23. The first-order chi connectivity index (χ1) is 14.5. The second-order valence-electron chi connectivity index (χ2n) is 6.56. The molecule has 0 aliphatic heterocycles. The van der Waals surface area contributed by atoms with Crippen molar-refractivity contribution in [2.24, 2.45) is 0 Å². The van der Waals surface area contributed by atoms with Crippen LogP contribution in [0.2, 0.25) is 5.02 Å². The molecule has 2 aromatic heterocycles. The van der Waals surface area contributed by atoms with Crippen LogP contribution < -0.4 is 10.6 Å².